The Bertz CT molecular complexity index is 813. The van der Waals surface area contributed by atoms with Crippen LogP contribution in [0.15, 0.2) is 66.7 Å². The second-order valence-corrected chi connectivity index (χ2v) is 7.08. The van der Waals surface area contributed by atoms with Gasteiger partial charge in [-0.2, -0.15) is 0 Å². The van der Waals surface area contributed by atoms with E-state index in [1.807, 2.05) is 0 Å². The highest BCUT2D eigenvalue weighted by Gasteiger charge is 2.08. The summed E-state index contributed by atoms with van der Waals surface area (Å²) in [5.74, 6) is 1.03. The van der Waals surface area contributed by atoms with Gasteiger partial charge in [0.2, 0.25) is 0 Å². The van der Waals surface area contributed by atoms with Crippen molar-refractivity contribution in [3.8, 4) is 5.75 Å². The molecule has 3 aromatic rings. The molecule has 0 heterocycles. The Kier molecular flexibility index (Phi) is 7.73. The molecule has 27 heavy (non-hydrogen) atoms. The summed E-state index contributed by atoms with van der Waals surface area (Å²) < 4.78 is 6.13. The molecule has 0 radical (unpaired) electrons. The number of unbranched alkanes of at least 4 members (excludes halogenated alkanes) is 2. The lowest BCUT2D eigenvalue weighted by atomic mass is 10.0. The third-order valence-corrected chi connectivity index (χ3v) is 4.97. The maximum atomic E-state index is 6.13. The van der Waals surface area contributed by atoms with Crippen LogP contribution in [0.25, 0.3) is 10.8 Å². The van der Waals surface area contributed by atoms with Gasteiger partial charge in [-0.05, 0) is 48.2 Å². The molecular formula is C25H31NO. The third-order valence-electron chi connectivity index (χ3n) is 4.97. The van der Waals surface area contributed by atoms with Gasteiger partial charge in [0, 0.05) is 12.1 Å². The van der Waals surface area contributed by atoms with E-state index in [4.69, 9.17) is 4.74 Å². The monoisotopic (exact) mass is 361 g/mol. The van der Waals surface area contributed by atoms with Crippen LogP contribution in [-0.4, -0.2) is 13.2 Å². The molecule has 0 aliphatic carbocycles. The van der Waals surface area contributed by atoms with Crippen molar-refractivity contribution < 1.29 is 4.74 Å². The Morgan fingerprint density at radius 2 is 1.63 bits per heavy atom. The van der Waals surface area contributed by atoms with Crippen LogP contribution in [0, 0.1) is 0 Å². The molecule has 0 amide bonds. The first kappa shape index (κ1) is 19.4. The Labute approximate surface area is 163 Å². The van der Waals surface area contributed by atoms with Gasteiger partial charge in [0.05, 0.1) is 6.61 Å². The number of aryl methyl sites for hydroxylation is 1. The first-order chi connectivity index (χ1) is 13.4. The first-order valence-corrected chi connectivity index (χ1v) is 10.3. The molecule has 0 unspecified atom stereocenters. The van der Waals surface area contributed by atoms with E-state index in [0.717, 1.165) is 44.7 Å². The van der Waals surface area contributed by atoms with E-state index in [9.17, 15) is 0 Å². The number of rotatable bonds is 11. The summed E-state index contributed by atoms with van der Waals surface area (Å²) >= 11 is 0. The third kappa shape index (κ3) is 5.83. The zero-order chi connectivity index (χ0) is 18.7. The minimum absolute atomic E-state index is 0.799. The smallest absolute Gasteiger partial charge is 0.124 e. The van der Waals surface area contributed by atoms with Crippen LogP contribution in [0.3, 0.4) is 0 Å². The van der Waals surface area contributed by atoms with Gasteiger partial charge in [0.15, 0.2) is 0 Å². The standard InChI is InChI=1S/C25H31NO/c1-2-3-9-19-27-25-17-16-22-14-7-8-15-23(22)24(25)20-26-18-10-13-21-11-5-4-6-12-21/h4-8,11-12,14-17,26H,2-3,9-10,13,18-20H2,1H3. The van der Waals surface area contributed by atoms with Crippen molar-refractivity contribution in [1.29, 1.82) is 0 Å². The number of fused-ring (bicyclic) bond motifs is 1. The molecule has 0 aromatic heterocycles. The van der Waals surface area contributed by atoms with E-state index < -0.39 is 0 Å². The Hall–Kier alpha value is -2.32. The molecule has 0 atom stereocenters. The van der Waals surface area contributed by atoms with E-state index in [2.05, 4.69) is 79.0 Å². The lowest BCUT2D eigenvalue weighted by Crippen LogP contribution is -2.16. The van der Waals surface area contributed by atoms with Gasteiger partial charge >= 0.3 is 0 Å². The molecule has 3 aromatic carbocycles. The van der Waals surface area contributed by atoms with Crippen LogP contribution in [0.4, 0.5) is 0 Å². The molecule has 0 spiro atoms. The minimum Gasteiger partial charge on any atom is -0.493 e. The molecule has 0 saturated carbocycles. The Morgan fingerprint density at radius 3 is 2.48 bits per heavy atom. The SMILES string of the molecule is CCCCCOc1ccc2ccccc2c1CNCCCc1ccccc1. The largest absolute Gasteiger partial charge is 0.493 e. The first-order valence-electron chi connectivity index (χ1n) is 10.3. The average molecular weight is 362 g/mol. The van der Waals surface area contributed by atoms with Crippen LogP contribution in [0.1, 0.15) is 43.7 Å². The fraction of sp³-hybridized carbons (Fsp3) is 0.360. The fourth-order valence-corrected chi connectivity index (χ4v) is 3.44. The number of nitrogens with one attached hydrogen (secondary N) is 1. The molecule has 2 nitrogen and oxygen atoms in total. The lowest BCUT2D eigenvalue weighted by Gasteiger charge is -2.15. The summed E-state index contributed by atoms with van der Waals surface area (Å²) in [5.41, 5.74) is 2.69. The van der Waals surface area contributed by atoms with Gasteiger partial charge in [0.1, 0.15) is 5.75 Å². The van der Waals surface area contributed by atoms with E-state index >= 15 is 0 Å². The van der Waals surface area contributed by atoms with Gasteiger partial charge in [0.25, 0.3) is 0 Å². The summed E-state index contributed by atoms with van der Waals surface area (Å²) in [6.45, 7) is 4.88. The number of benzene rings is 3. The van der Waals surface area contributed by atoms with Gasteiger partial charge in [-0.15, -0.1) is 0 Å². The van der Waals surface area contributed by atoms with Crippen molar-refractivity contribution in [1.82, 2.24) is 5.32 Å². The summed E-state index contributed by atoms with van der Waals surface area (Å²) in [6, 6.07) is 23.6. The minimum atomic E-state index is 0.799. The van der Waals surface area contributed by atoms with Gasteiger partial charge in [-0.1, -0.05) is 80.4 Å². The molecule has 0 aliphatic heterocycles. The van der Waals surface area contributed by atoms with Crippen LogP contribution < -0.4 is 10.1 Å². The van der Waals surface area contributed by atoms with Crippen molar-refractivity contribution in [3.05, 3.63) is 77.9 Å². The van der Waals surface area contributed by atoms with E-state index in [1.165, 1.54) is 34.7 Å². The van der Waals surface area contributed by atoms with Crippen molar-refractivity contribution in [2.45, 2.75) is 45.6 Å². The predicted molar refractivity (Wildman–Crippen MR) is 115 cm³/mol. The fourth-order valence-electron chi connectivity index (χ4n) is 3.44. The van der Waals surface area contributed by atoms with Gasteiger partial charge < -0.3 is 10.1 Å². The van der Waals surface area contributed by atoms with Crippen LogP contribution in [-0.2, 0) is 13.0 Å². The normalized spacial score (nSPS) is 11.0. The maximum absolute atomic E-state index is 6.13. The molecule has 0 bridgehead atoms. The average Bonchev–Trinajstić information content (AvgIpc) is 2.72. The highest BCUT2D eigenvalue weighted by molar-refractivity contribution is 5.87. The van der Waals surface area contributed by atoms with E-state index in [1.54, 1.807) is 0 Å². The number of hydrogen-bond donors (Lipinski definition) is 1. The molecule has 0 aliphatic rings. The molecule has 2 heteroatoms. The zero-order valence-electron chi connectivity index (χ0n) is 16.4. The number of ether oxygens (including phenoxy) is 1. The second-order valence-electron chi connectivity index (χ2n) is 7.08. The molecule has 3 rings (SSSR count). The number of hydrogen-bond acceptors (Lipinski definition) is 2. The lowest BCUT2D eigenvalue weighted by molar-refractivity contribution is 0.303. The summed E-state index contributed by atoms with van der Waals surface area (Å²) in [7, 11) is 0. The highest BCUT2D eigenvalue weighted by atomic mass is 16.5. The zero-order valence-corrected chi connectivity index (χ0v) is 16.4. The van der Waals surface area contributed by atoms with E-state index in [-0.39, 0.29) is 0 Å². The van der Waals surface area contributed by atoms with Crippen molar-refractivity contribution >= 4 is 10.8 Å². The predicted octanol–water partition coefficient (Wildman–Crippen LogP) is 6.13. The molecular weight excluding hydrogens is 330 g/mol. The van der Waals surface area contributed by atoms with E-state index in [0.29, 0.717) is 0 Å². The summed E-state index contributed by atoms with van der Waals surface area (Å²) in [4.78, 5) is 0. The summed E-state index contributed by atoms with van der Waals surface area (Å²) in [5, 5.41) is 6.20. The molecule has 0 saturated heterocycles. The second kappa shape index (κ2) is 10.7. The highest BCUT2D eigenvalue weighted by Crippen LogP contribution is 2.28. The van der Waals surface area contributed by atoms with Gasteiger partial charge in [-0.25, -0.2) is 0 Å². The van der Waals surface area contributed by atoms with Crippen LogP contribution in [0.5, 0.6) is 5.75 Å². The molecule has 1 N–H and O–H groups in total. The van der Waals surface area contributed by atoms with Crippen molar-refractivity contribution in [2.75, 3.05) is 13.2 Å². The topological polar surface area (TPSA) is 21.3 Å². The quantitative estimate of drug-likeness (QED) is 0.415. The molecule has 142 valence electrons. The van der Waals surface area contributed by atoms with Gasteiger partial charge in [-0.3, -0.25) is 0 Å². The van der Waals surface area contributed by atoms with Crippen molar-refractivity contribution in [3.63, 3.8) is 0 Å². The Balaban J connectivity index is 1.60. The Morgan fingerprint density at radius 1 is 0.815 bits per heavy atom. The maximum Gasteiger partial charge on any atom is 0.124 e. The van der Waals surface area contributed by atoms with Crippen LogP contribution in [0.2, 0.25) is 0 Å². The van der Waals surface area contributed by atoms with Crippen molar-refractivity contribution in [2.24, 2.45) is 0 Å². The molecule has 0 fully saturated rings. The summed E-state index contributed by atoms with van der Waals surface area (Å²) in [6.07, 6.45) is 5.82. The van der Waals surface area contributed by atoms with Crippen LogP contribution >= 0.6 is 0 Å².